The summed E-state index contributed by atoms with van der Waals surface area (Å²) in [6.07, 6.45) is -9.83. The fraction of sp³-hybridized carbons (Fsp3) is 0.263. The molecule has 8 nitrogen and oxygen atoms in total. The molecule has 324 valence electrons. The molecule has 3 aliphatic rings. The highest BCUT2D eigenvalue weighted by atomic mass is 79.9. The summed E-state index contributed by atoms with van der Waals surface area (Å²) in [5.74, 6) is 0. The molecule has 1 unspecified atom stereocenters. The molecule has 3 aliphatic heterocycles. The standard InChI is InChI=1S/C19H14BBrCl2F3NO3.C10H11BClNO3.C9H4BrCl2F3/c1-17(2)11-5-9(3-4-12(11)20(28)29-17)15-8-18(30-27-15,19(24,25)26)10-6-13(22)16(21)14(23)7-10;1-10(2)7-5-6(9(12)13-15)3-4-8(7)11(14)16-10;1-4(9(13,14)15)5-2-6(11)8(10)7(12)3-5/h3-7,28H,8H2,1-2H3;3-5,14-15H,1-2H3;2-3H,1H2/b;13-9-;. The van der Waals surface area contributed by atoms with Crippen LogP contribution in [0.15, 0.2) is 86.5 Å². The molecule has 4 aromatic carbocycles. The lowest BCUT2D eigenvalue weighted by atomic mass is 9.77. The monoisotopic (exact) mass is 1080 g/mol. The molecule has 23 heteroatoms. The first-order valence-electron chi connectivity index (χ1n) is 17.3. The van der Waals surface area contributed by atoms with E-state index in [0.717, 1.165) is 23.2 Å². The van der Waals surface area contributed by atoms with E-state index in [4.69, 9.17) is 77.4 Å². The Labute approximate surface area is 387 Å². The Morgan fingerprint density at radius 1 is 0.754 bits per heavy atom. The summed E-state index contributed by atoms with van der Waals surface area (Å²) in [4.78, 5) is 5.05. The van der Waals surface area contributed by atoms with Gasteiger partial charge in [0, 0.05) is 17.5 Å². The van der Waals surface area contributed by atoms with Crippen molar-refractivity contribution in [2.24, 2.45) is 10.3 Å². The van der Waals surface area contributed by atoms with Crippen molar-refractivity contribution in [3.8, 4) is 0 Å². The summed E-state index contributed by atoms with van der Waals surface area (Å²) in [7, 11) is -2.00. The van der Waals surface area contributed by atoms with Crippen molar-refractivity contribution in [3.63, 3.8) is 0 Å². The number of benzene rings is 4. The van der Waals surface area contributed by atoms with Gasteiger partial charge in [-0.05, 0) is 129 Å². The fourth-order valence-corrected chi connectivity index (χ4v) is 8.05. The zero-order valence-corrected chi connectivity index (χ0v) is 38.7. The number of nitrogens with zero attached hydrogens (tertiary/aromatic N) is 2. The van der Waals surface area contributed by atoms with Crippen LogP contribution in [0, 0.1) is 0 Å². The van der Waals surface area contributed by atoms with Gasteiger partial charge in [-0.25, -0.2) is 0 Å². The first-order valence-corrected chi connectivity index (χ1v) is 20.8. The Hall–Kier alpha value is -2.48. The lowest BCUT2D eigenvalue weighted by Crippen LogP contribution is -2.42. The van der Waals surface area contributed by atoms with Crippen LogP contribution in [0.4, 0.5) is 26.3 Å². The van der Waals surface area contributed by atoms with Crippen LogP contribution < -0.4 is 10.9 Å². The zero-order valence-electron chi connectivity index (χ0n) is 31.7. The van der Waals surface area contributed by atoms with Gasteiger partial charge < -0.3 is 29.4 Å². The molecule has 0 aromatic heterocycles. The molecule has 0 aliphatic carbocycles. The summed E-state index contributed by atoms with van der Waals surface area (Å²) in [6, 6.07) is 14.7. The molecular formula is C38H29B2Br2Cl5F6N2O6. The van der Waals surface area contributed by atoms with E-state index in [-0.39, 0.29) is 42.1 Å². The minimum Gasteiger partial charge on any atom is -0.423 e. The molecule has 7 rings (SSSR count). The average molecular weight is 1080 g/mol. The van der Waals surface area contributed by atoms with Gasteiger partial charge in [0.2, 0.25) is 0 Å². The van der Waals surface area contributed by atoms with Crippen LogP contribution in [-0.2, 0) is 30.9 Å². The maximum absolute atomic E-state index is 14.2. The third-order valence-corrected chi connectivity index (χ3v) is 13.8. The van der Waals surface area contributed by atoms with Gasteiger partial charge in [-0.15, -0.1) is 0 Å². The summed E-state index contributed by atoms with van der Waals surface area (Å²) in [5, 5.41) is 35.3. The summed E-state index contributed by atoms with van der Waals surface area (Å²) >= 11 is 35.3. The Bertz CT molecular complexity index is 2420. The largest absolute Gasteiger partial charge is 0.492 e. The van der Waals surface area contributed by atoms with E-state index in [1.807, 2.05) is 13.8 Å². The maximum atomic E-state index is 14.2. The topological polar surface area (TPSA) is 113 Å². The van der Waals surface area contributed by atoms with Gasteiger partial charge in [0.15, 0.2) is 5.17 Å². The smallest absolute Gasteiger partial charge is 0.423 e. The minimum atomic E-state index is -4.78. The van der Waals surface area contributed by atoms with Crippen LogP contribution in [0.2, 0.25) is 20.1 Å². The quantitative estimate of drug-likeness (QED) is 0.0469. The molecule has 4 aromatic rings. The molecule has 0 radical (unpaired) electrons. The van der Waals surface area contributed by atoms with Crippen molar-refractivity contribution in [1.82, 2.24) is 0 Å². The van der Waals surface area contributed by atoms with E-state index in [2.05, 4.69) is 48.8 Å². The van der Waals surface area contributed by atoms with Crippen molar-refractivity contribution in [2.45, 2.75) is 63.3 Å². The number of halogens is 13. The predicted molar refractivity (Wildman–Crippen MR) is 234 cm³/mol. The number of alkyl halides is 6. The zero-order chi connectivity index (χ0) is 45.8. The first kappa shape index (κ1) is 49.5. The highest BCUT2D eigenvalue weighted by Crippen LogP contribution is 2.51. The third-order valence-electron chi connectivity index (χ3n) is 9.72. The van der Waals surface area contributed by atoms with Crippen molar-refractivity contribution >= 4 is 131 Å². The van der Waals surface area contributed by atoms with Gasteiger partial charge in [-0.2, -0.15) is 26.3 Å². The summed E-state index contributed by atoms with van der Waals surface area (Å²) in [5.41, 5.74) is -1.48. The predicted octanol–water partition coefficient (Wildman–Crippen LogP) is 11.6. The second-order valence-corrected chi connectivity index (χ2v) is 18.1. The molecule has 1 atom stereocenters. The highest BCUT2D eigenvalue weighted by Gasteiger charge is 2.62. The Kier molecular flexibility index (Phi) is 14.8. The number of rotatable bonds is 4. The molecule has 0 amide bonds. The normalized spacial score (nSPS) is 18.9. The third kappa shape index (κ3) is 10.3. The first-order chi connectivity index (χ1) is 28.0. The van der Waals surface area contributed by atoms with E-state index >= 15 is 0 Å². The van der Waals surface area contributed by atoms with E-state index in [0.29, 0.717) is 31.1 Å². The second-order valence-electron chi connectivity index (χ2n) is 14.6. The number of allylic oxidation sites excluding steroid dienone is 1. The SMILES string of the molecule is C=C(c1cc(Cl)c(Br)c(Cl)c1)C(F)(F)F.CC1(C)OB(O)c2ccc(/C(Cl)=N/O)cc21.CC1(C)OB(O)c2ccc(C3=NOC(c4cc(Cl)c(Br)c(Cl)c4)(C(F)(F)F)C3)cc21. The van der Waals surface area contributed by atoms with Gasteiger partial charge in [-0.1, -0.05) is 99.2 Å². The lowest BCUT2D eigenvalue weighted by molar-refractivity contribution is -0.275. The maximum Gasteiger partial charge on any atom is 0.492 e. The van der Waals surface area contributed by atoms with Crippen LogP contribution in [-0.4, -0.2) is 52.7 Å². The van der Waals surface area contributed by atoms with Gasteiger partial charge in [0.05, 0.1) is 51.5 Å². The van der Waals surface area contributed by atoms with Crippen LogP contribution in [0.5, 0.6) is 0 Å². The molecule has 0 saturated carbocycles. The Morgan fingerprint density at radius 3 is 1.67 bits per heavy atom. The van der Waals surface area contributed by atoms with Crippen LogP contribution in [0.1, 0.15) is 67.5 Å². The van der Waals surface area contributed by atoms with E-state index in [1.165, 1.54) is 12.1 Å². The summed E-state index contributed by atoms with van der Waals surface area (Å²) < 4.78 is 91.1. The molecule has 0 saturated heterocycles. The van der Waals surface area contributed by atoms with Gasteiger partial charge in [0.25, 0.3) is 5.60 Å². The van der Waals surface area contributed by atoms with Crippen LogP contribution in [0.25, 0.3) is 5.57 Å². The molecule has 0 spiro atoms. The summed E-state index contributed by atoms with van der Waals surface area (Å²) in [6.45, 7) is 10.2. The van der Waals surface area contributed by atoms with E-state index < -0.39 is 55.4 Å². The number of hydrogen-bond acceptors (Lipinski definition) is 8. The molecule has 3 N–H and O–H groups in total. The van der Waals surface area contributed by atoms with Gasteiger partial charge >= 0.3 is 26.6 Å². The highest BCUT2D eigenvalue weighted by molar-refractivity contribution is 9.11. The van der Waals surface area contributed by atoms with Crippen LogP contribution >= 0.6 is 89.9 Å². The van der Waals surface area contributed by atoms with Gasteiger partial charge in [-0.3, -0.25) is 0 Å². The Balaban J connectivity index is 0.000000192. The minimum absolute atomic E-state index is 0.0139. The molecule has 3 heterocycles. The molecule has 0 fully saturated rings. The van der Waals surface area contributed by atoms with Crippen molar-refractivity contribution < 1.29 is 55.7 Å². The molecular weight excluding hydrogens is 1050 g/mol. The number of hydrogen-bond donors (Lipinski definition) is 3. The van der Waals surface area contributed by atoms with Gasteiger partial charge in [0.1, 0.15) is 0 Å². The van der Waals surface area contributed by atoms with Crippen molar-refractivity contribution in [2.75, 3.05) is 0 Å². The van der Waals surface area contributed by atoms with Crippen molar-refractivity contribution in [3.05, 3.63) is 130 Å². The Morgan fingerprint density at radius 2 is 1.21 bits per heavy atom. The van der Waals surface area contributed by atoms with Crippen molar-refractivity contribution in [1.29, 1.82) is 0 Å². The van der Waals surface area contributed by atoms with E-state index in [1.54, 1.807) is 50.2 Å². The number of oxime groups is 2. The molecule has 61 heavy (non-hydrogen) atoms. The van der Waals surface area contributed by atoms with E-state index in [9.17, 15) is 36.4 Å². The second kappa shape index (κ2) is 18.2. The lowest BCUT2D eigenvalue weighted by Gasteiger charge is -2.30. The number of fused-ring (bicyclic) bond motifs is 2. The fourth-order valence-electron chi connectivity index (χ4n) is 6.50. The molecule has 0 bridgehead atoms. The average Bonchev–Trinajstić information content (AvgIpc) is 3.80. The van der Waals surface area contributed by atoms with Crippen LogP contribution in [0.3, 0.4) is 0 Å².